The molecule has 0 aromatic heterocycles. The van der Waals surface area contributed by atoms with Gasteiger partial charge in [0.15, 0.2) is 6.23 Å². The molecular weight excluding hydrogens is 407 g/mol. The number of carbonyl (C=O) groups is 1. The van der Waals surface area contributed by atoms with Gasteiger partial charge < -0.3 is 31.1 Å². The van der Waals surface area contributed by atoms with E-state index < -0.39 is 43.6 Å². The van der Waals surface area contributed by atoms with Crippen LogP contribution in [0.1, 0.15) is 32.6 Å². The van der Waals surface area contributed by atoms with Crippen molar-refractivity contribution >= 4 is 25.1 Å². The molecule has 0 aliphatic carbocycles. The van der Waals surface area contributed by atoms with Crippen LogP contribution in [0.4, 0.5) is 0 Å². The topological polar surface area (TPSA) is 141 Å². The van der Waals surface area contributed by atoms with Gasteiger partial charge in [0, 0.05) is 12.7 Å². The van der Waals surface area contributed by atoms with Crippen molar-refractivity contribution in [1.82, 2.24) is 10.2 Å². The van der Waals surface area contributed by atoms with E-state index >= 15 is 0 Å². The lowest BCUT2D eigenvalue weighted by atomic mass is 10.0. The van der Waals surface area contributed by atoms with Crippen molar-refractivity contribution in [3.63, 3.8) is 0 Å². The molecule has 1 fully saturated rings. The Bertz CT molecular complexity index is 695. The van der Waals surface area contributed by atoms with E-state index in [1.165, 1.54) is 0 Å². The maximum Gasteiger partial charge on any atom is 0.306 e. The number of aliphatic hydroxyl groups excluding tert-OH is 2. The molecule has 9 nitrogen and oxygen atoms in total. The van der Waals surface area contributed by atoms with Crippen LogP contribution < -0.4 is 11.1 Å². The molecule has 172 valence electrons. The summed E-state index contributed by atoms with van der Waals surface area (Å²) in [6.45, 7) is 5.18. The predicted octanol–water partition coefficient (Wildman–Crippen LogP) is 0.483. The molecule has 0 aromatic carbocycles. The number of hydrogen-bond acceptors (Lipinski definition) is 6. The Hall–Kier alpha value is -1.38. The molecule has 6 N–H and O–H groups in total. The van der Waals surface area contributed by atoms with Gasteiger partial charge in [-0.1, -0.05) is 13.3 Å². The molecule has 2 heterocycles. The first kappa shape index (κ1) is 24.9. The molecule has 2 aliphatic heterocycles. The molecule has 0 bridgehead atoms. The van der Waals surface area contributed by atoms with Gasteiger partial charge in [-0.3, -0.25) is 14.7 Å². The highest BCUT2D eigenvalue weighted by Gasteiger charge is 2.46. The summed E-state index contributed by atoms with van der Waals surface area (Å²) in [6, 6.07) is 0. The van der Waals surface area contributed by atoms with E-state index in [1.54, 1.807) is 24.1 Å². The molecule has 2 rings (SSSR count). The van der Waals surface area contributed by atoms with Crippen LogP contribution in [-0.2, 0) is 9.53 Å². The largest absolute Gasteiger partial charge is 0.481 e. The Morgan fingerprint density at radius 1 is 1.40 bits per heavy atom. The van der Waals surface area contributed by atoms with Crippen molar-refractivity contribution in [3.8, 4) is 0 Å². The summed E-state index contributed by atoms with van der Waals surface area (Å²) in [5.74, 6) is -0.690. The third-order valence-electron chi connectivity index (χ3n) is 5.35. The molecule has 3 unspecified atom stereocenters. The lowest BCUT2D eigenvalue weighted by Crippen LogP contribution is -2.56. The van der Waals surface area contributed by atoms with E-state index in [0.29, 0.717) is 25.3 Å². The number of unbranched alkanes of at least 4 members (excludes halogenated alkanes) is 1. The van der Waals surface area contributed by atoms with E-state index in [-0.39, 0.29) is 5.92 Å². The van der Waals surface area contributed by atoms with Crippen molar-refractivity contribution in [3.05, 3.63) is 12.3 Å². The quantitative estimate of drug-likeness (QED) is 0.242. The Labute approximate surface area is 179 Å². The molecule has 0 radical (unpaired) electrons. The third kappa shape index (κ3) is 7.10. The second-order valence-electron chi connectivity index (χ2n) is 8.85. The van der Waals surface area contributed by atoms with Crippen molar-refractivity contribution in [2.75, 3.05) is 26.0 Å². The van der Waals surface area contributed by atoms with Gasteiger partial charge >= 0.3 is 5.97 Å². The molecule has 30 heavy (non-hydrogen) atoms. The number of aliphatic hydroxyl groups is 2. The zero-order chi connectivity index (χ0) is 22.5. The van der Waals surface area contributed by atoms with Crippen LogP contribution in [-0.4, -0.2) is 95.2 Å². The lowest BCUT2D eigenvalue weighted by Gasteiger charge is -2.34. The Morgan fingerprint density at radius 3 is 2.73 bits per heavy atom. The van der Waals surface area contributed by atoms with Crippen LogP contribution in [0, 0.1) is 5.92 Å². The number of rotatable bonds is 10. The minimum atomic E-state index is -1.26. The summed E-state index contributed by atoms with van der Waals surface area (Å²) >= 11 is 0. The molecule has 0 saturated carbocycles. The maximum atomic E-state index is 10.9. The number of hydrogen-bond donors (Lipinski definition) is 5. The fourth-order valence-electron chi connectivity index (χ4n) is 3.41. The summed E-state index contributed by atoms with van der Waals surface area (Å²) in [7, 11) is 0. The minimum absolute atomic E-state index is 0.371. The molecule has 2 aliphatic rings. The first-order valence-corrected chi connectivity index (χ1v) is 13.5. The second kappa shape index (κ2) is 10.8. The molecule has 10 heteroatoms. The van der Waals surface area contributed by atoms with Gasteiger partial charge in [-0.05, 0) is 44.8 Å². The van der Waals surface area contributed by atoms with Gasteiger partial charge in [-0.2, -0.15) is 0 Å². The average molecular weight is 445 g/mol. The number of nitrogens with two attached hydrogens (primary N) is 1. The number of ether oxygens (including phenoxy) is 1. The van der Waals surface area contributed by atoms with Crippen molar-refractivity contribution in [2.45, 2.75) is 63.3 Å². The van der Waals surface area contributed by atoms with E-state index in [4.69, 9.17) is 15.6 Å². The second-order valence-corrected chi connectivity index (χ2v) is 13.2. The number of carboxylic acids is 1. The predicted molar refractivity (Wildman–Crippen MR) is 121 cm³/mol. The van der Waals surface area contributed by atoms with E-state index in [1.807, 2.05) is 0 Å². The number of nitrogens with one attached hydrogen (secondary N) is 1. The van der Waals surface area contributed by atoms with Crippen molar-refractivity contribution < 1.29 is 24.9 Å². The normalized spacial score (nSPS) is 31.7. The third-order valence-corrected chi connectivity index (χ3v) is 6.82. The van der Waals surface area contributed by atoms with E-state index in [2.05, 4.69) is 29.9 Å². The van der Waals surface area contributed by atoms with Gasteiger partial charge in [0.1, 0.15) is 12.2 Å². The standard InChI is InChI=1S/C20H37N4O5P/c1-13(19(27)28)7-5-6-10-22-20-23-15(21)8-11-24(20)18-17(26)16(25)14(29-18)9-12-30(2,3)4/h8,11,13-18,25-26H,2,5-7,9-10,12,21H2,1,3-4H3,(H,22,23)(H,27,28)/t13?,14-,15?,16-,17-,18?/m1/s1. The summed E-state index contributed by atoms with van der Waals surface area (Å²) in [5.41, 5.74) is 5.95. The Kier molecular flexibility index (Phi) is 8.94. The monoisotopic (exact) mass is 444 g/mol. The molecular formula is C20H37N4O5P. The number of nitrogens with zero attached hydrogens (tertiary/aromatic N) is 2. The summed E-state index contributed by atoms with van der Waals surface area (Å²) in [4.78, 5) is 17.1. The first-order chi connectivity index (χ1) is 14.0. The Morgan fingerprint density at radius 2 is 2.10 bits per heavy atom. The highest BCUT2D eigenvalue weighted by molar-refractivity contribution is 7.72. The number of aliphatic carboxylic acids is 1. The molecule has 0 aromatic rings. The van der Waals surface area contributed by atoms with E-state index in [0.717, 1.165) is 19.0 Å². The lowest BCUT2D eigenvalue weighted by molar-refractivity contribution is -0.141. The molecule has 0 spiro atoms. The van der Waals surface area contributed by atoms with Crippen molar-refractivity contribution in [1.29, 1.82) is 0 Å². The molecule has 0 amide bonds. The van der Waals surface area contributed by atoms with Gasteiger partial charge in [0.2, 0.25) is 5.96 Å². The van der Waals surface area contributed by atoms with Crippen LogP contribution in [0.2, 0.25) is 0 Å². The zero-order valence-corrected chi connectivity index (χ0v) is 19.0. The van der Waals surface area contributed by atoms with Crippen LogP contribution in [0.15, 0.2) is 17.3 Å². The van der Waals surface area contributed by atoms with Crippen LogP contribution in [0.3, 0.4) is 0 Å². The Balaban J connectivity index is 1.99. The van der Waals surface area contributed by atoms with Crippen molar-refractivity contribution in [2.24, 2.45) is 16.6 Å². The van der Waals surface area contributed by atoms with Crippen LogP contribution in [0.5, 0.6) is 0 Å². The minimum Gasteiger partial charge on any atom is -0.481 e. The number of guanidine groups is 1. The van der Waals surface area contributed by atoms with Gasteiger partial charge in [0.05, 0.1) is 18.2 Å². The van der Waals surface area contributed by atoms with Crippen LogP contribution >= 0.6 is 6.89 Å². The van der Waals surface area contributed by atoms with Gasteiger partial charge in [-0.25, -0.2) is 0 Å². The highest BCUT2D eigenvalue weighted by Crippen LogP contribution is 2.38. The smallest absolute Gasteiger partial charge is 0.306 e. The van der Waals surface area contributed by atoms with Gasteiger partial charge in [0.25, 0.3) is 0 Å². The highest BCUT2D eigenvalue weighted by atomic mass is 31.2. The average Bonchev–Trinajstić information content (AvgIpc) is 2.93. The molecule has 6 atom stereocenters. The summed E-state index contributed by atoms with van der Waals surface area (Å²) in [6.07, 6.45) is 7.51. The fourth-order valence-corrected chi connectivity index (χ4v) is 4.36. The fraction of sp³-hybridized carbons (Fsp3) is 0.750. The SMILES string of the molecule is C=P(C)(C)CC[C@H]1OC(N2C=CC(N)NC2=NCCCCC(C)C(=O)O)[C@H](O)[C@@H]1O. The zero-order valence-electron chi connectivity index (χ0n) is 18.1. The first-order valence-electron chi connectivity index (χ1n) is 10.4. The van der Waals surface area contributed by atoms with Crippen LogP contribution in [0.25, 0.3) is 0 Å². The summed E-state index contributed by atoms with van der Waals surface area (Å²) < 4.78 is 6.01. The summed E-state index contributed by atoms with van der Waals surface area (Å²) in [5, 5.41) is 33.1. The molecule has 1 saturated heterocycles. The number of carboxylic acid groups (broad SMARTS) is 1. The maximum absolute atomic E-state index is 10.9. The van der Waals surface area contributed by atoms with E-state index in [9.17, 15) is 15.0 Å². The van der Waals surface area contributed by atoms with Gasteiger partial charge in [-0.15, -0.1) is 13.2 Å². The number of aliphatic imine (C=N–C) groups is 1.